The fraction of sp³-hybridized carbons (Fsp3) is 0.889. The molecule has 0 aromatic rings. The number of ether oxygens (including phenoxy) is 1. The van der Waals surface area contributed by atoms with E-state index < -0.39 is 0 Å². The first-order valence-corrected chi connectivity index (χ1v) is 4.55. The van der Waals surface area contributed by atoms with Crippen LogP contribution in [-0.2, 0) is 14.6 Å². The average Bonchev–Trinajstić information content (AvgIpc) is 2.06. The Morgan fingerprint density at radius 1 is 1.25 bits per heavy atom. The maximum Gasteiger partial charge on any atom is 0.305 e. The van der Waals surface area contributed by atoms with Crippen molar-refractivity contribution >= 4 is 5.97 Å². The van der Waals surface area contributed by atoms with E-state index in [4.69, 9.17) is 4.74 Å². The van der Waals surface area contributed by atoms with Crippen molar-refractivity contribution in [3.8, 4) is 0 Å². The van der Waals surface area contributed by atoms with E-state index in [2.05, 4.69) is 6.92 Å². The molecule has 0 N–H and O–H groups in total. The van der Waals surface area contributed by atoms with Crippen molar-refractivity contribution in [3.63, 3.8) is 0 Å². The Morgan fingerprint density at radius 3 is 2.58 bits per heavy atom. The van der Waals surface area contributed by atoms with Gasteiger partial charge in [0, 0.05) is 12.8 Å². The molecular formula is C9H17O3. The van der Waals surface area contributed by atoms with Gasteiger partial charge in [-0.2, -0.15) is 0 Å². The van der Waals surface area contributed by atoms with E-state index in [0.717, 1.165) is 19.3 Å². The molecule has 0 aromatic heterocycles. The van der Waals surface area contributed by atoms with Crippen LogP contribution in [0.1, 0.15) is 39.0 Å². The lowest BCUT2D eigenvalue weighted by atomic mass is 10.2. The van der Waals surface area contributed by atoms with Gasteiger partial charge in [0.1, 0.15) is 0 Å². The molecule has 0 heterocycles. The van der Waals surface area contributed by atoms with Gasteiger partial charge in [-0.3, -0.25) is 4.79 Å². The summed E-state index contributed by atoms with van der Waals surface area (Å²) in [5, 5.41) is 9.98. The summed E-state index contributed by atoms with van der Waals surface area (Å²) in [6, 6.07) is 0. The van der Waals surface area contributed by atoms with Crippen molar-refractivity contribution in [3.05, 3.63) is 0 Å². The summed E-state index contributed by atoms with van der Waals surface area (Å²) in [6.07, 6.45) is 3.99. The lowest BCUT2D eigenvalue weighted by Gasteiger charge is -2.01. The first-order valence-electron chi connectivity index (χ1n) is 4.55. The van der Waals surface area contributed by atoms with Crippen LogP contribution in [0, 0.1) is 0 Å². The molecule has 0 unspecified atom stereocenters. The lowest BCUT2D eigenvalue weighted by Crippen LogP contribution is -2.06. The van der Waals surface area contributed by atoms with Gasteiger partial charge in [0.15, 0.2) is 0 Å². The number of carbonyl (C=O) groups excluding carboxylic acids is 1. The first-order chi connectivity index (χ1) is 5.81. The zero-order valence-corrected chi connectivity index (χ0v) is 7.67. The van der Waals surface area contributed by atoms with Gasteiger partial charge in [-0.1, -0.05) is 19.8 Å². The minimum atomic E-state index is -0.170. The molecule has 1 radical (unpaired) electrons. The predicted octanol–water partition coefficient (Wildman–Crippen LogP) is 1.93. The smallest absolute Gasteiger partial charge is 0.305 e. The highest BCUT2D eigenvalue weighted by molar-refractivity contribution is 5.69. The molecule has 0 amide bonds. The zero-order chi connectivity index (χ0) is 9.23. The number of hydrogen-bond donors (Lipinski definition) is 0. The number of hydrogen-bond acceptors (Lipinski definition) is 2. The SMILES string of the molecule is CCCCCC(=O)OCCC[O]. The fourth-order valence-corrected chi connectivity index (χ4v) is 0.836. The highest BCUT2D eigenvalue weighted by atomic mass is 16.5. The van der Waals surface area contributed by atoms with Gasteiger partial charge in [0.25, 0.3) is 0 Å². The van der Waals surface area contributed by atoms with Gasteiger partial charge in [0.05, 0.1) is 13.2 Å². The van der Waals surface area contributed by atoms with Crippen molar-refractivity contribution in [2.45, 2.75) is 39.0 Å². The summed E-state index contributed by atoms with van der Waals surface area (Å²) in [7, 11) is 0. The Bertz CT molecular complexity index is 100. The Hall–Kier alpha value is -0.570. The second kappa shape index (κ2) is 8.53. The molecule has 3 nitrogen and oxygen atoms in total. The molecule has 0 fully saturated rings. The van der Waals surface area contributed by atoms with Gasteiger partial charge < -0.3 is 4.74 Å². The van der Waals surface area contributed by atoms with E-state index in [9.17, 15) is 9.90 Å². The van der Waals surface area contributed by atoms with Crippen molar-refractivity contribution in [2.75, 3.05) is 13.2 Å². The monoisotopic (exact) mass is 173 g/mol. The quantitative estimate of drug-likeness (QED) is 0.436. The third-order valence-corrected chi connectivity index (χ3v) is 1.54. The third kappa shape index (κ3) is 7.54. The molecule has 71 valence electrons. The first kappa shape index (κ1) is 11.4. The minimum absolute atomic E-state index is 0.164. The number of esters is 1. The highest BCUT2D eigenvalue weighted by Gasteiger charge is 2.00. The summed E-state index contributed by atoms with van der Waals surface area (Å²) in [6.45, 7) is 2.21. The molecule has 0 bridgehead atoms. The normalized spacial score (nSPS) is 9.83. The molecule has 0 aliphatic rings. The van der Waals surface area contributed by atoms with Crippen molar-refractivity contribution in [2.24, 2.45) is 0 Å². The standard InChI is InChI=1S/C9H17O3/c1-2-3-4-6-9(11)12-8-5-7-10/h2-8H2,1H3. The summed E-state index contributed by atoms with van der Waals surface area (Å²) < 4.78 is 4.79. The summed E-state index contributed by atoms with van der Waals surface area (Å²) in [4.78, 5) is 10.9. The lowest BCUT2D eigenvalue weighted by molar-refractivity contribution is -0.144. The fourth-order valence-electron chi connectivity index (χ4n) is 0.836. The molecule has 3 heteroatoms. The largest absolute Gasteiger partial charge is 0.466 e. The zero-order valence-electron chi connectivity index (χ0n) is 7.67. The summed E-state index contributed by atoms with van der Waals surface area (Å²) >= 11 is 0. The van der Waals surface area contributed by atoms with Crippen LogP contribution in [0.15, 0.2) is 0 Å². The molecule has 0 saturated carbocycles. The Balaban J connectivity index is 3.10. The molecule has 0 aliphatic heterocycles. The Morgan fingerprint density at radius 2 is 2.00 bits per heavy atom. The second-order valence-electron chi connectivity index (χ2n) is 2.74. The average molecular weight is 173 g/mol. The minimum Gasteiger partial charge on any atom is -0.466 e. The number of rotatable bonds is 7. The van der Waals surface area contributed by atoms with Crippen LogP contribution < -0.4 is 0 Å². The van der Waals surface area contributed by atoms with E-state index in [0.29, 0.717) is 12.8 Å². The van der Waals surface area contributed by atoms with E-state index >= 15 is 0 Å². The van der Waals surface area contributed by atoms with Crippen LogP contribution in [0.25, 0.3) is 0 Å². The van der Waals surface area contributed by atoms with Crippen LogP contribution in [-0.4, -0.2) is 19.2 Å². The van der Waals surface area contributed by atoms with Gasteiger partial charge >= 0.3 is 5.97 Å². The molecule has 0 rings (SSSR count). The van der Waals surface area contributed by atoms with Gasteiger partial charge in [-0.05, 0) is 6.42 Å². The highest BCUT2D eigenvalue weighted by Crippen LogP contribution is 2.00. The van der Waals surface area contributed by atoms with Crippen molar-refractivity contribution in [1.82, 2.24) is 0 Å². The second-order valence-corrected chi connectivity index (χ2v) is 2.74. The van der Waals surface area contributed by atoms with Crippen molar-refractivity contribution < 1.29 is 14.6 Å². The number of unbranched alkanes of at least 4 members (excludes halogenated alkanes) is 2. The van der Waals surface area contributed by atoms with Crippen LogP contribution in [0.3, 0.4) is 0 Å². The van der Waals surface area contributed by atoms with E-state index in [1.165, 1.54) is 0 Å². The maximum atomic E-state index is 10.9. The topological polar surface area (TPSA) is 46.2 Å². The molecule has 0 aromatic carbocycles. The summed E-state index contributed by atoms with van der Waals surface area (Å²) in [5.74, 6) is -0.170. The van der Waals surface area contributed by atoms with Crippen LogP contribution in [0.5, 0.6) is 0 Å². The molecule has 0 atom stereocenters. The molecular weight excluding hydrogens is 156 g/mol. The Kier molecular flexibility index (Phi) is 8.12. The van der Waals surface area contributed by atoms with Crippen LogP contribution in [0.2, 0.25) is 0 Å². The molecule has 0 spiro atoms. The van der Waals surface area contributed by atoms with Crippen LogP contribution in [0.4, 0.5) is 0 Å². The predicted molar refractivity (Wildman–Crippen MR) is 45.3 cm³/mol. The van der Waals surface area contributed by atoms with Crippen molar-refractivity contribution in [1.29, 1.82) is 0 Å². The van der Waals surface area contributed by atoms with E-state index in [1.54, 1.807) is 0 Å². The summed E-state index contributed by atoms with van der Waals surface area (Å²) in [5.41, 5.74) is 0. The van der Waals surface area contributed by atoms with E-state index in [-0.39, 0.29) is 19.2 Å². The van der Waals surface area contributed by atoms with Gasteiger partial charge in [0.2, 0.25) is 0 Å². The van der Waals surface area contributed by atoms with Crippen LogP contribution >= 0.6 is 0 Å². The molecule has 0 aliphatic carbocycles. The molecule has 0 saturated heterocycles. The maximum absolute atomic E-state index is 10.9. The number of carbonyl (C=O) groups is 1. The third-order valence-electron chi connectivity index (χ3n) is 1.54. The van der Waals surface area contributed by atoms with Gasteiger partial charge in [-0.25, -0.2) is 5.11 Å². The Labute approximate surface area is 73.7 Å². The van der Waals surface area contributed by atoms with E-state index in [1.807, 2.05) is 0 Å². The molecule has 12 heavy (non-hydrogen) atoms. The van der Waals surface area contributed by atoms with Gasteiger partial charge in [-0.15, -0.1) is 0 Å².